The Bertz CT molecular complexity index is 218. The van der Waals surface area contributed by atoms with Gasteiger partial charge in [0.15, 0.2) is 0 Å². The average Bonchev–Trinajstić information content (AvgIpc) is 2.37. The second-order valence-electron chi connectivity index (χ2n) is 6.48. The molecular formula is C18H37NO. The van der Waals surface area contributed by atoms with E-state index >= 15 is 0 Å². The largest absolute Gasteiger partial charge is 0.386 e. The summed E-state index contributed by atoms with van der Waals surface area (Å²) in [6, 6.07) is 0. The molecule has 0 aromatic rings. The Morgan fingerprint density at radius 1 is 0.850 bits per heavy atom. The zero-order valence-corrected chi connectivity index (χ0v) is 14.3. The Hall–Kier alpha value is -0.340. The summed E-state index contributed by atoms with van der Waals surface area (Å²) >= 11 is 0. The molecule has 0 aliphatic heterocycles. The second-order valence-corrected chi connectivity index (χ2v) is 6.48. The van der Waals surface area contributed by atoms with Crippen molar-refractivity contribution < 1.29 is 5.11 Å². The lowest BCUT2D eigenvalue weighted by atomic mass is 10.1. The van der Waals surface area contributed by atoms with Crippen LogP contribution in [0, 0.1) is 0 Å². The minimum atomic E-state index is -0.684. The number of hydrogen-bond donors (Lipinski definition) is 1. The topological polar surface area (TPSA) is 23.5 Å². The number of aliphatic hydroxyl groups is 1. The molecule has 0 aliphatic carbocycles. The molecule has 0 unspecified atom stereocenters. The van der Waals surface area contributed by atoms with Gasteiger partial charge in [-0.1, -0.05) is 64.5 Å². The van der Waals surface area contributed by atoms with E-state index in [4.69, 9.17) is 0 Å². The third-order valence-electron chi connectivity index (χ3n) is 3.55. The molecule has 0 aromatic carbocycles. The maximum absolute atomic E-state index is 9.72. The minimum Gasteiger partial charge on any atom is -0.386 e. The molecule has 0 spiro atoms. The zero-order chi connectivity index (χ0) is 15.3. The Kier molecular flexibility index (Phi) is 12.2. The highest BCUT2D eigenvalue weighted by Crippen LogP contribution is 2.07. The van der Waals surface area contributed by atoms with E-state index in [1.807, 2.05) is 19.9 Å². The van der Waals surface area contributed by atoms with Gasteiger partial charge in [-0.3, -0.25) is 4.90 Å². The third-order valence-corrected chi connectivity index (χ3v) is 3.55. The molecule has 1 N–H and O–H groups in total. The van der Waals surface area contributed by atoms with Crippen molar-refractivity contribution in [2.45, 2.75) is 84.7 Å². The molecule has 0 rings (SSSR count). The van der Waals surface area contributed by atoms with Gasteiger partial charge in [-0.05, 0) is 39.8 Å². The molecule has 2 heteroatoms. The van der Waals surface area contributed by atoms with Crippen LogP contribution in [-0.2, 0) is 0 Å². The van der Waals surface area contributed by atoms with Crippen molar-refractivity contribution in [3.8, 4) is 0 Å². The number of nitrogens with zero attached hydrogens (tertiary/aromatic N) is 1. The van der Waals surface area contributed by atoms with Gasteiger partial charge in [0.25, 0.3) is 0 Å². The van der Waals surface area contributed by atoms with Gasteiger partial charge >= 0.3 is 0 Å². The third kappa shape index (κ3) is 14.1. The lowest BCUT2D eigenvalue weighted by Crippen LogP contribution is -2.27. The number of rotatable bonds is 13. The van der Waals surface area contributed by atoms with Gasteiger partial charge in [-0.25, -0.2) is 0 Å². The summed E-state index contributed by atoms with van der Waals surface area (Å²) in [4.78, 5) is 2.54. The molecule has 0 atom stereocenters. The maximum Gasteiger partial charge on any atom is 0.0772 e. The first-order chi connectivity index (χ1) is 9.49. The summed E-state index contributed by atoms with van der Waals surface area (Å²) in [5, 5.41) is 9.72. The Morgan fingerprint density at radius 3 is 1.75 bits per heavy atom. The zero-order valence-electron chi connectivity index (χ0n) is 14.3. The standard InChI is InChI=1S/C18H37NO/c1-5-7-9-11-15-19(16-12-10-8-6-2)17-13-14-18(3,4)20/h13-14,20H,5-12,15-17H2,1-4H3/b14-13+. The van der Waals surface area contributed by atoms with E-state index in [-0.39, 0.29) is 0 Å². The van der Waals surface area contributed by atoms with E-state index in [9.17, 15) is 5.11 Å². The summed E-state index contributed by atoms with van der Waals surface area (Å²) in [6.45, 7) is 11.5. The Labute approximate surface area is 127 Å². The number of hydrogen-bond acceptors (Lipinski definition) is 2. The van der Waals surface area contributed by atoms with Crippen LogP contribution in [0.1, 0.15) is 79.1 Å². The Morgan fingerprint density at radius 2 is 1.35 bits per heavy atom. The fraction of sp³-hybridized carbons (Fsp3) is 0.889. The summed E-state index contributed by atoms with van der Waals surface area (Å²) in [7, 11) is 0. The molecule has 2 nitrogen and oxygen atoms in total. The molecule has 0 heterocycles. The molecule has 0 saturated heterocycles. The van der Waals surface area contributed by atoms with Crippen molar-refractivity contribution in [1.82, 2.24) is 4.90 Å². The lowest BCUT2D eigenvalue weighted by Gasteiger charge is -2.21. The van der Waals surface area contributed by atoms with Gasteiger partial charge in [-0.15, -0.1) is 0 Å². The van der Waals surface area contributed by atoms with Gasteiger partial charge in [-0.2, -0.15) is 0 Å². The van der Waals surface area contributed by atoms with Crippen molar-refractivity contribution in [1.29, 1.82) is 0 Å². The molecule has 0 bridgehead atoms. The first-order valence-electron chi connectivity index (χ1n) is 8.62. The van der Waals surface area contributed by atoms with Gasteiger partial charge < -0.3 is 5.11 Å². The summed E-state index contributed by atoms with van der Waals surface area (Å²) in [5.74, 6) is 0. The van der Waals surface area contributed by atoms with Crippen LogP contribution in [0.25, 0.3) is 0 Å². The maximum atomic E-state index is 9.72. The van der Waals surface area contributed by atoms with Crippen LogP contribution in [0.5, 0.6) is 0 Å². The van der Waals surface area contributed by atoms with Crippen LogP contribution >= 0.6 is 0 Å². The summed E-state index contributed by atoms with van der Waals surface area (Å²) in [6.07, 6.45) is 14.6. The highest BCUT2D eigenvalue weighted by atomic mass is 16.3. The fourth-order valence-electron chi connectivity index (χ4n) is 2.31. The smallest absolute Gasteiger partial charge is 0.0772 e. The van der Waals surface area contributed by atoms with E-state index in [2.05, 4.69) is 24.8 Å². The van der Waals surface area contributed by atoms with Gasteiger partial charge in [0.05, 0.1) is 5.60 Å². The lowest BCUT2D eigenvalue weighted by molar-refractivity contribution is 0.132. The van der Waals surface area contributed by atoms with Crippen molar-refractivity contribution in [2.75, 3.05) is 19.6 Å². The molecule has 0 fully saturated rings. The van der Waals surface area contributed by atoms with Crippen molar-refractivity contribution in [3.63, 3.8) is 0 Å². The molecule has 0 aromatic heterocycles. The molecular weight excluding hydrogens is 246 g/mol. The molecule has 0 amide bonds. The van der Waals surface area contributed by atoms with Crippen molar-refractivity contribution in [2.24, 2.45) is 0 Å². The quantitative estimate of drug-likeness (QED) is 0.388. The second kappa shape index (κ2) is 12.4. The van der Waals surface area contributed by atoms with E-state index in [1.54, 1.807) is 0 Å². The molecule has 0 saturated carbocycles. The monoisotopic (exact) mass is 283 g/mol. The SMILES string of the molecule is CCCCCCN(C/C=C/C(C)(C)O)CCCCCC. The molecule has 20 heavy (non-hydrogen) atoms. The Balaban J connectivity index is 4.00. The van der Waals surface area contributed by atoms with Crippen LogP contribution in [0.15, 0.2) is 12.2 Å². The van der Waals surface area contributed by atoms with Gasteiger partial charge in [0.2, 0.25) is 0 Å². The first kappa shape index (κ1) is 19.7. The predicted molar refractivity (Wildman–Crippen MR) is 90.2 cm³/mol. The van der Waals surface area contributed by atoms with Crippen molar-refractivity contribution in [3.05, 3.63) is 12.2 Å². The van der Waals surface area contributed by atoms with Gasteiger partial charge in [0.1, 0.15) is 0 Å². The summed E-state index contributed by atoms with van der Waals surface area (Å²) in [5.41, 5.74) is -0.684. The fourth-order valence-corrected chi connectivity index (χ4v) is 2.31. The normalized spacial score (nSPS) is 12.7. The number of unbranched alkanes of at least 4 members (excludes halogenated alkanes) is 6. The highest BCUT2D eigenvalue weighted by molar-refractivity contribution is 4.96. The van der Waals surface area contributed by atoms with Crippen molar-refractivity contribution >= 4 is 0 Å². The predicted octanol–water partition coefficient (Wildman–Crippen LogP) is 4.78. The van der Waals surface area contributed by atoms with Crippen LogP contribution in [0.3, 0.4) is 0 Å². The van der Waals surface area contributed by atoms with Crippen LogP contribution in [0.2, 0.25) is 0 Å². The first-order valence-corrected chi connectivity index (χ1v) is 8.62. The van der Waals surface area contributed by atoms with Crippen LogP contribution < -0.4 is 0 Å². The van der Waals surface area contributed by atoms with E-state index in [0.29, 0.717) is 0 Å². The average molecular weight is 284 g/mol. The summed E-state index contributed by atoms with van der Waals surface area (Å²) < 4.78 is 0. The van der Waals surface area contributed by atoms with E-state index in [0.717, 1.165) is 6.54 Å². The van der Waals surface area contributed by atoms with Crippen LogP contribution in [-0.4, -0.2) is 35.2 Å². The minimum absolute atomic E-state index is 0.684. The van der Waals surface area contributed by atoms with E-state index < -0.39 is 5.60 Å². The molecule has 120 valence electrons. The molecule has 0 radical (unpaired) electrons. The highest BCUT2D eigenvalue weighted by Gasteiger charge is 2.07. The van der Waals surface area contributed by atoms with Crippen LogP contribution in [0.4, 0.5) is 0 Å². The molecule has 0 aliphatic rings. The van der Waals surface area contributed by atoms with E-state index in [1.165, 1.54) is 64.5 Å². The van der Waals surface area contributed by atoms with Gasteiger partial charge in [0, 0.05) is 6.54 Å².